The number of halogens is 1. The third kappa shape index (κ3) is 1.74. The monoisotopic (exact) mass is 238 g/mol. The van der Waals surface area contributed by atoms with Gasteiger partial charge >= 0.3 is 5.97 Å². The molecule has 0 bridgehead atoms. The first-order chi connectivity index (χ1) is 7.59. The summed E-state index contributed by atoms with van der Waals surface area (Å²) in [5, 5.41) is 11.1. The van der Waals surface area contributed by atoms with Crippen LogP contribution in [0.3, 0.4) is 0 Å². The fraction of sp³-hybridized carbons (Fsp3) is 0. The normalized spacial score (nSPS) is 10.3. The molecule has 0 aliphatic rings. The number of hydrogen-bond acceptors (Lipinski definition) is 4. The minimum absolute atomic E-state index is 0.0994. The second-order valence-corrected chi connectivity index (χ2v) is 3.96. The number of nitrogens with zero attached hydrogens (tertiary/aromatic N) is 1. The molecule has 3 N–H and O–H groups in total. The zero-order valence-corrected chi connectivity index (χ0v) is 8.79. The van der Waals surface area contributed by atoms with Gasteiger partial charge in [-0.1, -0.05) is 0 Å². The molecule has 0 saturated heterocycles. The molecule has 1 heterocycles. The Balaban J connectivity index is 2.58. The second kappa shape index (κ2) is 3.90. The standard InChI is InChI=1S/C10H7FN2O2S/c11-6-3-5(9-13-1-2-16-9)4-7(12)8(6)10(14)15/h1-4H,12H2,(H,14,15). The van der Waals surface area contributed by atoms with Gasteiger partial charge < -0.3 is 10.8 Å². The van der Waals surface area contributed by atoms with Gasteiger partial charge in [-0.15, -0.1) is 11.3 Å². The molecule has 1 aromatic carbocycles. The van der Waals surface area contributed by atoms with Crippen molar-refractivity contribution in [2.45, 2.75) is 0 Å². The summed E-state index contributed by atoms with van der Waals surface area (Å²) in [4.78, 5) is 14.7. The molecular weight excluding hydrogens is 231 g/mol. The quantitative estimate of drug-likeness (QED) is 0.786. The molecule has 0 aliphatic heterocycles. The van der Waals surface area contributed by atoms with Crippen molar-refractivity contribution in [3.05, 3.63) is 35.1 Å². The van der Waals surface area contributed by atoms with Gasteiger partial charge in [-0.05, 0) is 12.1 Å². The van der Waals surface area contributed by atoms with E-state index >= 15 is 0 Å². The molecule has 0 unspecified atom stereocenters. The van der Waals surface area contributed by atoms with Crippen molar-refractivity contribution in [3.63, 3.8) is 0 Å². The number of anilines is 1. The van der Waals surface area contributed by atoms with Crippen molar-refractivity contribution < 1.29 is 14.3 Å². The van der Waals surface area contributed by atoms with Crippen LogP contribution in [0.15, 0.2) is 23.7 Å². The number of carbonyl (C=O) groups is 1. The second-order valence-electron chi connectivity index (χ2n) is 3.06. The van der Waals surface area contributed by atoms with E-state index in [1.54, 1.807) is 11.6 Å². The Kier molecular flexibility index (Phi) is 2.57. The maximum atomic E-state index is 13.5. The van der Waals surface area contributed by atoms with Crippen molar-refractivity contribution in [1.82, 2.24) is 4.98 Å². The molecule has 0 radical (unpaired) electrons. The highest BCUT2D eigenvalue weighted by Crippen LogP contribution is 2.27. The molecule has 0 spiro atoms. The predicted molar refractivity (Wildman–Crippen MR) is 58.9 cm³/mol. The molecule has 82 valence electrons. The number of rotatable bonds is 2. The summed E-state index contributed by atoms with van der Waals surface area (Å²) < 4.78 is 13.5. The van der Waals surface area contributed by atoms with Gasteiger partial charge in [-0.2, -0.15) is 0 Å². The van der Waals surface area contributed by atoms with E-state index in [0.29, 0.717) is 10.6 Å². The maximum Gasteiger partial charge on any atom is 0.340 e. The lowest BCUT2D eigenvalue weighted by atomic mass is 10.1. The van der Waals surface area contributed by atoms with Gasteiger partial charge in [0.1, 0.15) is 16.4 Å². The van der Waals surface area contributed by atoms with E-state index < -0.39 is 17.3 Å². The molecule has 2 aromatic rings. The van der Waals surface area contributed by atoms with Crippen molar-refractivity contribution in [2.75, 3.05) is 5.73 Å². The van der Waals surface area contributed by atoms with E-state index in [-0.39, 0.29) is 5.69 Å². The van der Waals surface area contributed by atoms with Crippen molar-refractivity contribution in [3.8, 4) is 10.6 Å². The van der Waals surface area contributed by atoms with E-state index in [2.05, 4.69) is 4.98 Å². The van der Waals surface area contributed by atoms with Crippen LogP contribution in [0.4, 0.5) is 10.1 Å². The van der Waals surface area contributed by atoms with Crippen molar-refractivity contribution in [2.24, 2.45) is 0 Å². The third-order valence-electron chi connectivity index (χ3n) is 2.01. The largest absolute Gasteiger partial charge is 0.478 e. The van der Waals surface area contributed by atoms with Gasteiger partial charge in [-0.3, -0.25) is 0 Å². The average Bonchev–Trinajstić information content (AvgIpc) is 2.67. The SMILES string of the molecule is Nc1cc(-c2nccs2)cc(F)c1C(=O)O. The minimum Gasteiger partial charge on any atom is -0.478 e. The van der Waals surface area contributed by atoms with Gasteiger partial charge in [0, 0.05) is 22.8 Å². The van der Waals surface area contributed by atoms with Crippen LogP contribution in [0.1, 0.15) is 10.4 Å². The molecule has 0 saturated carbocycles. The topological polar surface area (TPSA) is 76.2 Å². The fourth-order valence-corrected chi connectivity index (χ4v) is 1.97. The molecule has 0 fully saturated rings. The Bertz CT molecular complexity index is 517. The number of nitrogens with two attached hydrogens (primary N) is 1. The molecular formula is C10H7FN2O2S. The first kappa shape index (κ1) is 10.6. The van der Waals surface area contributed by atoms with E-state index in [1.807, 2.05) is 0 Å². The zero-order valence-electron chi connectivity index (χ0n) is 7.98. The van der Waals surface area contributed by atoms with Crippen molar-refractivity contribution >= 4 is 23.0 Å². The molecule has 0 atom stereocenters. The van der Waals surface area contributed by atoms with E-state index in [0.717, 1.165) is 6.07 Å². The van der Waals surface area contributed by atoms with Crippen LogP contribution in [0, 0.1) is 5.82 Å². The summed E-state index contributed by atoms with van der Waals surface area (Å²) in [5.41, 5.74) is 5.37. The predicted octanol–water partition coefficient (Wildman–Crippen LogP) is 2.23. The minimum atomic E-state index is -1.37. The fourth-order valence-electron chi connectivity index (χ4n) is 1.34. The molecule has 16 heavy (non-hydrogen) atoms. The van der Waals surface area contributed by atoms with Crippen LogP contribution in [-0.2, 0) is 0 Å². The lowest BCUT2D eigenvalue weighted by Crippen LogP contribution is -2.06. The zero-order chi connectivity index (χ0) is 11.7. The number of hydrogen-bond donors (Lipinski definition) is 2. The number of thiazole rings is 1. The van der Waals surface area contributed by atoms with E-state index in [4.69, 9.17) is 10.8 Å². The Labute approximate surface area is 94.2 Å². The van der Waals surface area contributed by atoms with Crippen LogP contribution in [0.5, 0.6) is 0 Å². The number of nitrogen functional groups attached to an aromatic ring is 1. The molecule has 0 amide bonds. The third-order valence-corrected chi connectivity index (χ3v) is 2.84. The number of benzene rings is 1. The van der Waals surface area contributed by atoms with Crippen LogP contribution in [0.25, 0.3) is 10.6 Å². The number of carboxylic acid groups (broad SMARTS) is 1. The highest BCUT2D eigenvalue weighted by Gasteiger charge is 2.16. The Morgan fingerprint density at radius 3 is 2.75 bits per heavy atom. The lowest BCUT2D eigenvalue weighted by Gasteiger charge is -2.04. The van der Waals surface area contributed by atoms with Gasteiger partial charge in [0.05, 0.1) is 0 Å². The Morgan fingerprint density at radius 2 is 2.25 bits per heavy atom. The summed E-state index contributed by atoms with van der Waals surface area (Å²) in [6.45, 7) is 0. The van der Waals surface area contributed by atoms with E-state index in [1.165, 1.54) is 17.4 Å². The summed E-state index contributed by atoms with van der Waals surface area (Å²) in [5.74, 6) is -2.22. The Hall–Kier alpha value is -1.95. The van der Waals surface area contributed by atoms with Gasteiger partial charge in [0.2, 0.25) is 0 Å². The van der Waals surface area contributed by atoms with Crippen molar-refractivity contribution in [1.29, 1.82) is 0 Å². The maximum absolute atomic E-state index is 13.5. The first-order valence-electron chi connectivity index (χ1n) is 4.32. The highest BCUT2D eigenvalue weighted by molar-refractivity contribution is 7.13. The van der Waals surface area contributed by atoms with Gasteiger partial charge in [0.25, 0.3) is 0 Å². The number of aromatic carboxylic acids is 1. The molecule has 6 heteroatoms. The summed E-state index contributed by atoms with van der Waals surface area (Å²) >= 11 is 1.33. The van der Waals surface area contributed by atoms with Gasteiger partial charge in [0.15, 0.2) is 0 Å². The highest BCUT2D eigenvalue weighted by atomic mass is 32.1. The van der Waals surface area contributed by atoms with Crippen LogP contribution in [0.2, 0.25) is 0 Å². The average molecular weight is 238 g/mol. The molecule has 1 aromatic heterocycles. The lowest BCUT2D eigenvalue weighted by molar-refractivity contribution is 0.0693. The van der Waals surface area contributed by atoms with Crippen LogP contribution >= 0.6 is 11.3 Å². The summed E-state index contributed by atoms with van der Waals surface area (Å²) in [6.07, 6.45) is 1.58. The molecule has 0 aliphatic carbocycles. The van der Waals surface area contributed by atoms with Crippen LogP contribution < -0.4 is 5.73 Å². The summed E-state index contributed by atoms with van der Waals surface area (Å²) in [6, 6.07) is 2.53. The molecule has 4 nitrogen and oxygen atoms in total. The number of carboxylic acids is 1. The Morgan fingerprint density at radius 1 is 1.50 bits per heavy atom. The molecule has 2 rings (SSSR count). The van der Waals surface area contributed by atoms with Crippen LogP contribution in [-0.4, -0.2) is 16.1 Å². The first-order valence-corrected chi connectivity index (χ1v) is 5.19. The smallest absolute Gasteiger partial charge is 0.340 e. The summed E-state index contributed by atoms with van der Waals surface area (Å²) in [7, 11) is 0. The number of aromatic nitrogens is 1. The van der Waals surface area contributed by atoms with E-state index in [9.17, 15) is 9.18 Å². The van der Waals surface area contributed by atoms with Gasteiger partial charge in [-0.25, -0.2) is 14.2 Å².